The van der Waals surface area contributed by atoms with Crippen molar-refractivity contribution in [2.75, 3.05) is 38.6 Å². The number of likely N-dealkylation sites (tertiary alicyclic amines) is 1. The van der Waals surface area contributed by atoms with Gasteiger partial charge in [-0.1, -0.05) is 5.16 Å². The van der Waals surface area contributed by atoms with Crippen LogP contribution in [0.4, 0.5) is 10.1 Å². The summed E-state index contributed by atoms with van der Waals surface area (Å²) < 4.78 is 24.1. The highest BCUT2D eigenvalue weighted by atomic mass is 19.1. The molecular weight excluding hydrogens is 397 g/mol. The fourth-order valence-electron chi connectivity index (χ4n) is 4.24. The van der Waals surface area contributed by atoms with Crippen LogP contribution in [0.15, 0.2) is 40.9 Å². The third-order valence-electron chi connectivity index (χ3n) is 6.01. The van der Waals surface area contributed by atoms with Crippen LogP contribution in [0, 0.1) is 5.82 Å². The molecule has 0 atom stereocenters. The van der Waals surface area contributed by atoms with Gasteiger partial charge in [0.15, 0.2) is 11.4 Å². The smallest absolute Gasteiger partial charge is 0.170 e. The monoisotopic (exact) mass is 425 g/mol. The molecule has 4 rings (SSSR count). The number of fused-ring (bicyclic) bond motifs is 1. The van der Waals surface area contributed by atoms with Gasteiger partial charge in [-0.3, -0.25) is 4.79 Å². The number of benzene rings is 2. The van der Waals surface area contributed by atoms with Crippen molar-refractivity contribution >= 4 is 22.4 Å². The maximum Gasteiger partial charge on any atom is 0.170 e. The molecule has 1 fully saturated rings. The quantitative estimate of drug-likeness (QED) is 0.411. The first-order chi connectivity index (χ1) is 15.0. The Hall–Kier alpha value is -2.93. The Morgan fingerprint density at radius 1 is 1.26 bits per heavy atom. The number of carbonyl (C=O) groups is 1. The topological polar surface area (TPSA) is 67.6 Å². The molecule has 0 spiro atoms. The van der Waals surface area contributed by atoms with E-state index in [1.165, 1.54) is 12.1 Å². The second-order valence-corrected chi connectivity index (χ2v) is 8.08. The largest absolute Gasteiger partial charge is 0.495 e. The van der Waals surface area contributed by atoms with Crippen LogP contribution in [0.5, 0.6) is 5.75 Å². The van der Waals surface area contributed by atoms with E-state index in [4.69, 9.17) is 9.26 Å². The normalized spacial score (nSPS) is 15.3. The molecule has 1 saturated heterocycles. The lowest BCUT2D eigenvalue weighted by atomic mass is 9.91. The van der Waals surface area contributed by atoms with Crippen molar-refractivity contribution in [1.82, 2.24) is 10.1 Å². The minimum atomic E-state index is -0.300. The number of aromatic nitrogens is 1. The lowest BCUT2D eigenvalue weighted by Gasteiger charge is -2.31. The number of Topliss-reactive ketones (excluding diaryl/α,β-unsaturated/α-hetero) is 1. The Morgan fingerprint density at radius 2 is 2.06 bits per heavy atom. The van der Waals surface area contributed by atoms with Gasteiger partial charge in [0.2, 0.25) is 0 Å². The van der Waals surface area contributed by atoms with E-state index in [1.54, 1.807) is 26.2 Å². The number of rotatable bonds is 8. The van der Waals surface area contributed by atoms with Gasteiger partial charge in [-0.2, -0.15) is 0 Å². The lowest BCUT2D eigenvalue weighted by Crippen LogP contribution is -2.34. The molecule has 2 heterocycles. The maximum atomic E-state index is 13.4. The van der Waals surface area contributed by atoms with Crippen LogP contribution in [0.3, 0.4) is 0 Å². The number of ether oxygens (including phenoxy) is 1. The minimum absolute atomic E-state index is 0.0269. The van der Waals surface area contributed by atoms with Gasteiger partial charge < -0.3 is 19.5 Å². The Labute approximate surface area is 181 Å². The van der Waals surface area contributed by atoms with Gasteiger partial charge in [0.1, 0.15) is 11.6 Å². The number of nitrogens with zero attached hydrogens (tertiary/aromatic N) is 2. The Kier molecular flexibility index (Phi) is 6.51. The molecule has 0 aliphatic carbocycles. The first-order valence-corrected chi connectivity index (χ1v) is 10.7. The molecular formula is C24H28FN3O3. The molecule has 1 aliphatic rings. The van der Waals surface area contributed by atoms with Crippen molar-refractivity contribution in [1.29, 1.82) is 0 Å². The average molecular weight is 426 g/mol. The van der Waals surface area contributed by atoms with E-state index in [0.717, 1.165) is 62.2 Å². The SMILES string of the molecule is COc1cc(C(C)=O)ccc1NCCCN1CCC(c2noc3cc(F)ccc23)CC1. The van der Waals surface area contributed by atoms with Gasteiger partial charge >= 0.3 is 0 Å². The molecule has 0 radical (unpaired) electrons. The summed E-state index contributed by atoms with van der Waals surface area (Å²) in [5, 5.41) is 8.56. The number of methoxy groups -OCH3 is 1. The highest BCUT2D eigenvalue weighted by Gasteiger charge is 2.25. The molecule has 3 aromatic rings. The van der Waals surface area contributed by atoms with E-state index in [9.17, 15) is 9.18 Å². The Bertz CT molecular complexity index is 1060. The van der Waals surface area contributed by atoms with Crippen LogP contribution >= 0.6 is 0 Å². The fraction of sp³-hybridized carbons (Fsp3) is 0.417. The minimum Gasteiger partial charge on any atom is -0.495 e. The molecule has 164 valence electrons. The van der Waals surface area contributed by atoms with Crippen LogP contribution < -0.4 is 10.1 Å². The molecule has 2 aromatic carbocycles. The Morgan fingerprint density at radius 3 is 2.81 bits per heavy atom. The molecule has 0 bridgehead atoms. The molecule has 1 aliphatic heterocycles. The van der Waals surface area contributed by atoms with E-state index >= 15 is 0 Å². The standard InChI is InChI=1S/C24H28FN3O3/c1-16(29)18-4-7-21(23(14-18)30-2)26-10-3-11-28-12-8-17(9-13-28)24-20-6-5-19(25)15-22(20)31-27-24/h4-7,14-15,17,26H,3,8-13H2,1-2H3. The molecule has 1 aromatic heterocycles. The number of hydrogen-bond donors (Lipinski definition) is 1. The summed E-state index contributed by atoms with van der Waals surface area (Å²) in [6.07, 6.45) is 3.05. The number of halogens is 1. The molecule has 0 unspecified atom stereocenters. The van der Waals surface area contributed by atoms with Gasteiger partial charge in [-0.25, -0.2) is 4.39 Å². The van der Waals surface area contributed by atoms with E-state index in [-0.39, 0.29) is 11.6 Å². The number of hydrogen-bond acceptors (Lipinski definition) is 6. The highest BCUT2D eigenvalue weighted by Crippen LogP contribution is 2.33. The maximum absolute atomic E-state index is 13.4. The van der Waals surface area contributed by atoms with Gasteiger partial charge in [-0.05, 0) is 76.2 Å². The molecule has 0 amide bonds. The molecule has 6 nitrogen and oxygen atoms in total. The van der Waals surface area contributed by atoms with Gasteiger partial charge in [0.25, 0.3) is 0 Å². The Balaban J connectivity index is 1.24. The zero-order valence-corrected chi connectivity index (χ0v) is 18.0. The second-order valence-electron chi connectivity index (χ2n) is 8.08. The van der Waals surface area contributed by atoms with Crippen molar-refractivity contribution in [3.8, 4) is 5.75 Å². The summed E-state index contributed by atoms with van der Waals surface area (Å²) in [5.41, 5.74) is 3.03. The molecule has 1 N–H and O–H groups in total. The van der Waals surface area contributed by atoms with Crippen molar-refractivity contribution in [2.45, 2.75) is 32.1 Å². The second kappa shape index (κ2) is 9.47. The van der Waals surface area contributed by atoms with Crippen LogP contribution in [-0.4, -0.2) is 49.1 Å². The van der Waals surface area contributed by atoms with Gasteiger partial charge in [-0.15, -0.1) is 0 Å². The van der Waals surface area contributed by atoms with Crippen molar-refractivity contribution in [3.05, 3.63) is 53.5 Å². The summed E-state index contributed by atoms with van der Waals surface area (Å²) in [5.74, 6) is 0.767. The first kappa shape index (κ1) is 21.3. The van der Waals surface area contributed by atoms with Gasteiger partial charge in [0.05, 0.1) is 18.5 Å². The van der Waals surface area contributed by atoms with Crippen LogP contribution in [0.2, 0.25) is 0 Å². The highest BCUT2D eigenvalue weighted by molar-refractivity contribution is 5.95. The summed E-state index contributed by atoms with van der Waals surface area (Å²) in [6, 6.07) is 10.1. The molecule has 7 heteroatoms. The third kappa shape index (κ3) is 4.88. The van der Waals surface area contributed by atoms with E-state index in [2.05, 4.69) is 15.4 Å². The number of anilines is 1. The number of ketones is 1. The van der Waals surface area contributed by atoms with Crippen molar-refractivity contribution in [3.63, 3.8) is 0 Å². The van der Waals surface area contributed by atoms with Crippen molar-refractivity contribution in [2.24, 2.45) is 0 Å². The predicted molar refractivity (Wildman–Crippen MR) is 118 cm³/mol. The number of carbonyl (C=O) groups excluding carboxylic acids is 1. The third-order valence-corrected chi connectivity index (χ3v) is 6.01. The van der Waals surface area contributed by atoms with E-state index in [0.29, 0.717) is 22.8 Å². The summed E-state index contributed by atoms with van der Waals surface area (Å²) in [4.78, 5) is 14.0. The summed E-state index contributed by atoms with van der Waals surface area (Å²) >= 11 is 0. The zero-order valence-electron chi connectivity index (χ0n) is 18.0. The number of piperidine rings is 1. The van der Waals surface area contributed by atoms with E-state index < -0.39 is 0 Å². The lowest BCUT2D eigenvalue weighted by molar-refractivity contribution is 0.101. The molecule has 0 saturated carbocycles. The number of nitrogens with one attached hydrogen (secondary N) is 1. The average Bonchev–Trinajstić information content (AvgIpc) is 3.20. The molecule has 31 heavy (non-hydrogen) atoms. The van der Waals surface area contributed by atoms with Crippen LogP contribution in [0.25, 0.3) is 11.0 Å². The zero-order chi connectivity index (χ0) is 21.8. The fourth-order valence-corrected chi connectivity index (χ4v) is 4.24. The summed E-state index contributed by atoms with van der Waals surface area (Å²) in [6.45, 7) is 5.41. The predicted octanol–water partition coefficient (Wildman–Crippen LogP) is 4.86. The van der Waals surface area contributed by atoms with Crippen LogP contribution in [0.1, 0.15) is 48.2 Å². The van der Waals surface area contributed by atoms with Crippen LogP contribution in [-0.2, 0) is 0 Å². The van der Waals surface area contributed by atoms with E-state index in [1.807, 2.05) is 12.1 Å². The first-order valence-electron chi connectivity index (χ1n) is 10.7. The summed E-state index contributed by atoms with van der Waals surface area (Å²) in [7, 11) is 1.61. The van der Waals surface area contributed by atoms with Crippen molar-refractivity contribution < 1.29 is 18.4 Å². The van der Waals surface area contributed by atoms with Gasteiger partial charge in [0, 0.05) is 29.5 Å².